The Balaban J connectivity index is 3.30. The molecule has 0 fully saturated rings. The third kappa shape index (κ3) is 1.45. The van der Waals surface area contributed by atoms with Crippen molar-refractivity contribution in [3.05, 3.63) is 28.2 Å². The molecule has 0 saturated carbocycles. The normalized spacial score (nSPS) is 9.40. The molecular weight excluding hydrogens is 189 g/mol. The number of rotatable bonds is 1. The smallest absolute Gasteiger partial charge is 0.114 e. The minimum Gasteiger partial charge on any atom is -0.179 e. The number of hydrogen-bond donors (Lipinski definition) is 0. The van der Waals surface area contributed by atoms with Crippen LogP contribution in [0.1, 0.15) is 0 Å². The van der Waals surface area contributed by atoms with Gasteiger partial charge in [0, 0.05) is 12.4 Å². The Bertz CT molecular complexity index is 242. The van der Waals surface area contributed by atoms with Crippen LogP contribution in [0.5, 0.6) is 0 Å². The molecule has 52 valence electrons. The van der Waals surface area contributed by atoms with Gasteiger partial charge in [-0.25, -0.2) is 0 Å². The molecule has 0 aromatic heterocycles. The van der Waals surface area contributed by atoms with Crippen molar-refractivity contribution in [2.75, 3.05) is 0 Å². The number of benzene rings is 1. The van der Waals surface area contributed by atoms with E-state index in [9.17, 15) is 0 Å². The van der Waals surface area contributed by atoms with Gasteiger partial charge in [-0.05, 0) is 12.1 Å². The maximum atomic E-state index is 5.68. The van der Waals surface area contributed by atoms with Crippen molar-refractivity contribution in [3.63, 3.8) is 0 Å². The summed E-state index contributed by atoms with van der Waals surface area (Å²) < 4.78 is 3.49. The van der Waals surface area contributed by atoms with E-state index < -0.39 is 0 Å². The predicted molar refractivity (Wildman–Crippen MR) is 45.9 cm³/mol. The zero-order valence-electron chi connectivity index (χ0n) is 4.84. The van der Waals surface area contributed by atoms with Gasteiger partial charge in [-0.2, -0.15) is 4.36 Å². The summed E-state index contributed by atoms with van der Waals surface area (Å²) in [7, 11) is 0. The van der Waals surface area contributed by atoms with Crippen molar-refractivity contribution in [2.24, 2.45) is 4.36 Å². The van der Waals surface area contributed by atoms with Gasteiger partial charge in [0.05, 0.1) is 10.0 Å². The molecule has 10 heavy (non-hydrogen) atoms. The lowest BCUT2D eigenvalue weighted by Gasteiger charge is -1.95. The van der Waals surface area contributed by atoms with E-state index >= 15 is 0 Å². The lowest BCUT2D eigenvalue weighted by molar-refractivity contribution is 1.57. The fourth-order valence-corrected chi connectivity index (χ4v) is 1.36. The van der Waals surface area contributed by atoms with E-state index in [1.165, 1.54) is 0 Å². The van der Waals surface area contributed by atoms with Crippen LogP contribution in [-0.2, 0) is 12.4 Å². The van der Waals surface area contributed by atoms with Crippen molar-refractivity contribution in [1.29, 1.82) is 0 Å². The van der Waals surface area contributed by atoms with Crippen LogP contribution in [0.25, 0.3) is 0 Å². The topological polar surface area (TPSA) is 12.4 Å². The molecule has 0 spiro atoms. The van der Waals surface area contributed by atoms with Gasteiger partial charge in [0.1, 0.15) is 5.69 Å². The van der Waals surface area contributed by atoms with Crippen LogP contribution in [-0.4, -0.2) is 0 Å². The predicted octanol–water partition coefficient (Wildman–Crippen LogP) is 3.36. The molecule has 1 aromatic carbocycles. The lowest BCUT2D eigenvalue weighted by Crippen LogP contribution is -1.67. The molecule has 0 radical (unpaired) electrons. The Kier molecular flexibility index (Phi) is 2.60. The van der Waals surface area contributed by atoms with E-state index in [4.69, 9.17) is 23.2 Å². The Labute approximate surface area is 74.1 Å². The van der Waals surface area contributed by atoms with Gasteiger partial charge < -0.3 is 0 Å². The van der Waals surface area contributed by atoms with Gasteiger partial charge >= 0.3 is 0 Å². The summed E-state index contributed by atoms with van der Waals surface area (Å²) in [4.78, 5) is 0. The van der Waals surface area contributed by atoms with Gasteiger partial charge in [-0.1, -0.05) is 29.3 Å². The molecule has 0 aliphatic rings. The van der Waals surface area contributed by atoms with E-state index in [2.05, 4.69) is 16.8 Å². The molecule has 0 unspecified atom stereocenters. The number of halogens is 2. The second-order valence-corrected chi connectivity index (χ2v) is 2.66. The Morgan fingerprint density at radius 2 is 1.70 bits per heavy atom. The molecule has 0 aliphatic carbocycles. The first-order chi connectivity index (χ1) is 4.75. The molecule has 4 heteroatoms. The average molecular weight is 192 g/mol. The Hall–Kier alpha value is -0.180. The quantitative estimate of drug-likeness (QED) is 0.664. The van der Waals surface area contributed by atoms with Gasteiger partial charge in [0.2, 0.25) is 0 Å². The molecule has 1 nitrogen and oxygen atoms in total. The van der Waals surface area contributed by atoms with Crippen LogP contribution in [0.3, 0.4) is 0 Å². The monoisotopic (exact) mass is 191 g/mol. The van der Waals surface area contributed by atoms with E-state index in [-0.39, 0.29) is 0 Å². The summed E-state index contributed by atoms with van der Waals surface area (Å²) in [5.41, 5.74) is 0.473. The molecule has 0 saturated heterocycles. The maximum Gasteiger partial charge on any atom is 0.114 e. The lowest BCUT2D eigenvalue weighted by atomic mass is 10.3. The van der Waals surface area contributed by atoms with Gasteiger partial charge in [-0.15, -0.1) is 0 Å². The van der Waals surface area contributed by atoms with Crippen LogP contribution in [0, 0.1) is 0 Å². The molecule has 0 N–H and O–H groups in total. The summed E-state index contributed by atoms with van der Waals surface area (Å²) in [6.45, 7) is 0. The summed E-state index contributed by atoms with van der Waals surface area (Å²) in [6, 6.07) is 5.13. The van der Waals surface area contributed by atoms with E-state index in [0.717, 1.165) is 0 Å². The highest BCUT2D eigenvalue weighted by Gasteiger charge is 2.01. The molecule has 0 aliphatic heterocycles. The summed E-state index contributed by atoms with van der Waals surface area (Å²) in [5.74, 6) is 0. The van der Waals surface area contributed by atoms with E-state index in [1.54, 1.807) is 18.2 Å². The highest BCUT2D eigenvalue weighted by Crippen LogP contribution is 2.31. The third-order valence-electron chi connectivity index (χ3n) is 1.03. The highest BCUT2D eigenvalue weighted by molar-refractivity contribution is 7.47. The SMILES string of the molecule is S=Nc1c(Cl)cccc1Cl. The molecule has 0 atom stereocenters. The fraction of sp³-hybridized carbons (Fsp3) is 0. The second-order valence-electron chi connectivity index (χ2n) is 1.66. The van der Waals surface area contributed by atoms with Gasteiger partial charge in [0.25, 0.3) is 0 Å². The third-order valence-corrected chi connectivity index (χ3v) is 1.82. The van der Waals surface area contributed by atoms with E-state index in [0.29, 0.717) is 15.7 Å². The maximum absolute atomic E-state index is 5.68. The molecule has 0 bridgehead atoms. The van der Waals surface area contributed by atoms with Gasteiger partial charge in [0.15, 0.2) is 0 Å². The van der Waals surface area contributed by atoms with Crippen LogP contribution >= 0.6 is 23.2 Å². The number of hydrogen-bond acceptors (Lipinski definition) is 2. The first-order valence-electron chi connectivity index (χ1n) is 2.53. The second kappa shape index (κ2) is 3.28. The fourth-order valence-electron chi connectivity index (χ4n) is 0.576. The molecular formula is C6H3Cl2NS. The van der Waals surface area contributed by atoms with Crippen molar-refractivity contribution in [3.8, 4) is 0 Å². The van der Waals surface area contributed by atoms with Crippen molar-refractivity contribution >= 4 is 41.3 Å². The van der Waals surface area contributed by atoms with Gasteiger partial charge in [-0.3, -0.25) is 0 Å². The minimum atomic E-state index is 0.473. The minimum absolute atomic E-state index is 0.473. The van der Waals surface area contributed by atoms with Crippen molar-refractivity contribution in [1.82, 2.24) is 0 Å². The van der Waals surface area contributed by atoms with Crippen molar-refractivity contribution < 1.29 is 0 Å². The number of nitrogens with zero attached hydrogens (tertiary/aromatic N) is 1. The largest absolute Gasteiger partial charge is 0.179 e. The first-order valence-corrected chi connectivity index (χ1v) is 3.65. The molecule has 0 heterocycles. The molecule has 1 aromatic rings. The van der Waals surface area contributed by atoms with Crippen LogP contribution in [0.2, 0.25) is 10.0 Å². The molecule has 0 amide bonds. The molecule has 1 rings (SSSR count). The highest BCUT2D eigenvalue weighted by atomic mass is 35.5. The Morgan fingerprint density at radius 3 is 2.00 bits per heavy atom. The average Bonchev–Trinajstić information content (AvgIpc) is 1.88. The van der Waals surface area contributed by atoms with Crippen LogP contribution in [0.4, 0.5) is 5.69 Å². The summed E-state index contributed by atoms with van der Waals surface area (Å²) >= 11 is 15.8. The standard InChI is InChI=1S/C6H3Cl2NS/c7-4-2-1-3-5(8)6(4)9-10/h1-3H. The van der Waals surface area contributed by atoms with Crippen molar-refractivity contribution in [2.45, 2.75) is 0 Å². The zero-order valence-corrected chi connectivity index (χ0v) is 7.17. The summed E-state index contributed by atoms with van der Waals surface area (Å²) in [5, 5.41) is 0.977. The zero-order chi connectivity index (χ0) is 7.56. The van der Waals surface area contributed by atoms with Crippen LogP contribution < -0.4 is 0 Å². The Morgan fingerprint density at radius 1 is 1.20 bits per heavy atom. The van der Waals surface area contributed by atoms with E-state index in [1.807, 2.05) is 0 Å². The van der Waals surface area contributed by atoms with Crippen LogP contribution in [0.15, 0.2) is 22.6 Å². The first kappa shape index (κ1) is 7.92. The summed E-state index contributed by atoms with van der Waals surface area (Å²) in [6.07, 6.45) is 0.